The van der Waals surface area contributed by atoms with Crippen molar-refractivity contribution in [3.63, 3.8) is 0 Å². The molecular formula is C20H15NO6S. The van der Waals surface area contributed by atoms with Gasteiger partial charge in [-0.2, -0.15) is 8.42 Å². The zero-order chi connectivity index (χ0) is 20.0. The van der Waals surface area contributed by atoms with Crippen molar-refractivity contribution >= 4 is 21.4 Å². The minimum Gasteiger partial charge on any atom is -0.422 e. The lowest BCUT2D eigenvalue weighted by molar-refractivity contribution is 0.386. The summed E-state index contributed by atoms with van der Waals surface area (Å²) in [5.41, 5.74) is 0.724. The maximum absolute atomic E-state index is 12.1. The van der Waals surface area contributed by atoms with Gasteiger partial charge >= 0.3 is 16.0 Å². The fraction of sp³-hybridized carbons (Fsp3) is 0. The van der Waals surface area contributed by atoms with E-state index in [1.807, 2.05) is 36.4 Å². The number of nitrogens with zero attached hydrogens (tertiary/aromatic N) is 1. The Bertz CT molecular complexity index is 1200. The van der Waals surface area contributed by atoms with Crippen LogP contribution in [0.25, 0.3) is 22.1 Å². The van der Waals surface area contributed by atoms with Crippen molar-refractivity contribution in [2.75, 3.05) is 0 Å². The highest BCUT2D eigenvalue weighted by molar-refractivity contribution is 7.81. The van der Waals surface area contributed by atoms with Gasteiger partial charge in [-0.3, -0.25) is 9.54 Å². The molecule has 142 valence electrons. The summed E-state index contributed by atoms with van der Waals surface area (Å²) in [4.78, 5) is 15.8. The zero-order valence-electron chi connectivity index (χ0n) is 14.4. The van der Waals surface area contributed by atoms with E-state index in [0.717, 1.165) is 5.56 Å². The summed E-state index contributed by atoms with van der Waals surface area (Å²) < 4.78 is 39.5. The molecule has 2 heterocycles. The molecule has 0 fully saturated rings. The molecule has 1 N–H and O–H groups in total. The first-order chi connectivity index (χ1) is 13.4. The van der Waals surface area contributed by atoms with Crippen molar-refractivity contribution in [2.24, 2.45) is 0 Å². The molecule has 2 aromatic carbocycles. The van der Waals surface area contributed by atoms with E-state index in [9.17, 15) is 13.2 Å². The number of benzene rings is 2. The van der Waals surface area contributed by atoms with E-state index in [4.69, 9.17) is 8.97 Å². The van der Waals surface area contributed by atoms with Gasteiger partial charge in [-0.05, 0) is 35.9 Å². The lowest BCUT2D eigenvalue weighted by atomic mass is 10.1. The Morgan fingerprint density at radius 3 is 2.14 bits per heavy atom. The van der Waals surface area contributed by atoms with Gasteiger partial charge in [0.2, 0.25) is 0 Å². The van der Waals surface area contributed by atoms with Crippen molar-refractivity contribution in [2.45, 2.75) is 0 Å². The highest BCUT2D eigenvalue weighted by Crippen LogP contribution is 2.24. The van der Waals surface area contributed by atoms with Crippen LogP contribution in [0.2, 0.25) is 0 Å². The molecule has 0 amide bonds. The van der Waals surface area contributed by atoms with Crippen LogP contribution in [0.3, 0.4) is 0 Å². The first-order valence-corrected chi connectivity index (χ1v) is 9.44. The highest BCUT2D eigenvalue weighted by Gasteiger charge is 2.11. The van der Waals surface area contributed by atoms with E-state index in [1.165, 1.54) is 18.2 Å². The van der Waals surface area contributed by atoms with Gasteiger partial charge in [-0.15, -0.1) is 0 Å². The van der Waals surface area contributed by atoms with Crippen LogP contribution in [0.4, 0.5) is 0 Å². The van der Waals surface area contributed by atoms with Crippen LogP contribution in [-0.4, -0.2) is 18.0 Å². The van der Waals surface area contributed by atoms with Crippen molar-refractivity contribution < 1.29 is 21.6 Å². The molecule has 4 aromatic rings. The molecule has 28 heavy (non-hydrogen) atoms. The minimum absolute atomic E-state index is 0.148. The molecule has 7 nitrogen and oxygen atoms in total. The number of aromatic nitrogens is 1. The fourth-order valence-electron chi connectivity index (χ4n) is 2.40. The van der Waals surface area contributed by atoms with Crippen LogP contribution in [-0.2, 0) is 10.4 Å². The third kappa shape index (κ3) is 5.26. The quantitative estimate of drug-likeness (QED) is 0.415. The third-order valence-corrected chi connectivity index (χ3v) is 3.96. The van der Waals surface area contributed by atoms with Gasteiger partial charge < -0.3 is 8.60 Å². The SMILES string of the molecule is O=c1oc2cc(OS(=O)(=O)O)ccc2cc1-c1ccccc1.c1ccncc1. The van der Waals surface area contributed by atoms with E-state index < -0.39 is 16.0 Å². The second-order valence-corrected chi connectivity index (χ2v) is 6.57. The zero-order valence-corrected chi connectivity index (χ0v) is 15.2. The molecule has 0 aliphatic rings. The van der Waals surface area contributed by atoms with Gasteiger partial charge in [-0.1, -0.05) is 36.4 Å². The normalized spacial score (nSPS) is 10.8. The summed E-state index contributed by atoms with van der Waals surface area (Å²) in [7, 11) is -4.63. The highest BCUT2D eigenvalue weighted by atomic mass is 32.3. The Kier molecular flexibility index (Phi) is 5.83. The first kappa shape index (κ1) is 19.3. The van der Waals surface area contributed by atoms with E-state index in [-0.39, 0.29) is 11.3 Å². The maximum atomic E-state index is 12.1. The van der Waals surface area contributed by atoms with Crippen molar-refractivity contribution in [1.29, 1.82) is 0 Å². The van der Waals surface area contributed by atoms with Crippen LogP contribution in [0, 0.1) is 0 Å². The smallest absolute Gasteiger partial charge is 0.422 e. The van der Waals surface area contributed by atoms with Gasteiger partial charge in [0.05, 0.1) is 5.56 Å². The van der Waals surface area contributed by atoms with E-state index in [1.54, 1.807) is 30.6 Å². The maximum Gasteiger partial charge on any atom is 0.446 e. The van der Waals surface area contributed by atoms with E-state index in [2.05, 4.69) is 9.17 Å². The number of pyridine rings is 1. The monoisotopic (exact) mass is 397 g/mol. The summed E-state index contributed by atoms with van der Waals surface area (Å²) >= 11 is 0. The minimum atomic E-state index is -4.63. The molecular weight excluding hydrogens is 382 g/mol. The molecule has 4 rings (SSSR count). The molecule has 8 heteroatoms. The molecule has 0 saturated carbocycles. The van der Waals surface area contributed by atoms with Gasteiger partial charge in [0.1, 0.15) is 11.3 Å². The Morgan fingerprint density at radius 1 is 0.893 bits per heavy atom. The Morgan fingerprint density at radius 2 is 1.57 bits per heavy atom. The van der Waals surface area contributed by atoms with Crippen LogP contribution in [0.15, 0.2) is 94.4 Å². The van der Waals surface area contributed by atoms with Gasteiger partial charge in [0.15, 0.2) is 0 Å². The molecule has 0 aliphatic carbocycles. The number of rotatable bonds is 3. The second kappa shape index (κ2) is 8.47. The lowest BCUT2D eigenvalue weighted by Gasteiger charge is -2.05. The Labute approximate surface area is 160 Å². The van der Waals surface area contributed by atoms with Gasteiger partial charge in [0, 0.05) is 23.8 Å². The predicted octanol–water partition coefficient (Wildman–Crippen LogP) is 3.72. The molecule has 0 unspecified atom stereocenters. The average molecular weight is 397 g/mol. The largest absolute Gasteiger partial charge is 0.446 e. The van der Waals surface area contributed by atoms with Gasteiger partial charge in [-0.25, -0.2) is 4.79 Å². The summed E-state index contributed by atoms with van der Waals surface area (Å²) in [6, 6.07) is 20.5. The van der Waals surface area contributed by atoms with Crippen LogP contribution < -0.4 is 9.81 Å². The van der Waals surface area contributed by atoms with E-state index >= 15 is 0 Å². The van der Waals surface area contributed by atoms with Gasteiger partial charge in [0.25, 0.3) is 0 Å². The molecule has 0 aliphatic heterocycles. The molecule has 0 bridgehead atoms. The number of fused-ring (bicyclic) bond motifs is 1. The molecule has 0 atom stereocenters. The van der Waals surface area contributed by atoms with Crippen LogP contribution in [0.1, 0.15) is 0 Å². The first-order valence-electron chi connectivity index (χ1n) is 8.07. The number of hydrogen-bond donors (Lipinski definition) is 1. The van der Waals surface area contributed by atoms with Crippen molar-refractivity contribution in [1.82, 2.24) is 4.98 Å². The molecule has 0 saturated heterocycles. The summed E-state index contributed by atoms with van der Waals surface area (Å²) in [6.45, 7) is 0. The molecule has 2 aromatic heterocycles. The third-order valence-electron chi connectivity index (χ3n) is 3.56. The summed E-state index contributed by atoms with van der Waals surface area (Å²) in [5, 5.41) is 0.598. The molecule has 0 spiro atoms. The Hall–Kier alpha value is -3.49. The average Bonchev–Trinajstić information content (AvgIpc) is 2.69. The summed E-state index contributed by atoms with van der Waals surface area (Å²) in [6.07, 6.45) is 3.50. The number of hydrogen-bond acceptors (Lipinski definition) is 6. The predicted molar refractivity (Wildman–Crippen MR) is 104 cm³/mol. The summed E-state index contributed by atoms with van der Waals surface area (Å²) in [5.74, 6) is -0.148. The second-order valence-electron chi connectivity index (χ2n) is 5.55. The van der Waals surface area contributed by atoms with Crippen molar-refractivity contribution in [3.8, 4) is 16.9 Å². The standard InChI is InChI=1S/C15H10O6S.C5H5N/c16-15-13(10-4-2-1-3-5-10)8-11-6-7-12(9-14(11)20-15)21-22(17,18)19;1-2-4-6-5-3-1/h1-9H,(H,17,18,19);1-5H. The van der Waals surface area contributed by atoms with Crippen LogP contribution in [0.5, 0.6) is 5.75 Å². The lowest BCUT2D eigenvalue weighted by Crippen LogP contribution is -2.07. The van der Waals surface area contributed by atoms with E-state index in [0.29, 0.717) is 10.9 Å². The molecule has 0 radical (unpaired) electrons. The topological polar surface area (TPSA) is 107 Å². The Balaban J connectivity index is 0.000000320. The van der Waals surface area contributed by atoms with Crippen molar-refractivity contribution in [3.05, 3.63) is 95.6 Å². The van der Waals surface area contributed by atoms with Crippen LogP contribution >= 0.6 is 0 Å². The fourth-order valence-corrected chi connectivity index (χ4v) is 2.74.